The topological polar surface area (TPSA) is 91.3 Å². The average molecular weight is 356 g/mol. The van der Waals surface area contributed by atoms with Gasteiger partial charge in [0.15, 0.2) is 5.13 Å². The number of nitrogens with zero attached hydrogens (tertiary/aromatic N) is 1. The van der Waals surface area contributed by atoms with Crippen LogP contribution in [0.3, 0.4) is 0 Å². The van der Waals surface area contributed by atoms with Crippen LogP contribution in [0.4, 0.5) is 15.6 Å². The van der Waals surface area contributed by atoms with Gasteiger partial charge >= 0.3 is 12.0 Å². The van der Waals surface area contributed by atoms with Crippen molar-refractivity contribution in [1.29, 1.82) is 0 Å². The van der Waals surface area contributed by atoms with Crippen molar-refractivity contribution in [2.75, 3.05) is 10.6 Å². The standard InChI is InChI=1S/C12H10BrN3O3S/c1-6-5-20-12(14-6)16-11(19)15-9-7(10(17)18)3-2-4-8(9)13/h2-5H,1H3,(H,17,18)(H2,14,15,16,19). The minimum atomic E-state index is -1.12. The van der Waals surface area contributed by atoms with Gasteiger partial charge in [-0.05, 0) is 35.0 Å². The third kappa shape index (κ3) is 3.34. The Balaban J connectivity index is 2.17. The van der Waals surface area contributed by atoms with Gasteiger partial charge in [-0.25, -0.2) is 14.6 Å². The maximum absolute atomic E-state index is 11.8. The zero-order valence-corrected chi connectivity index (χ0v) is 12.7. The highest BCUT2D eigenvalue weighted by Crippen LogP contribution is 2.27. The van der Waals surface area contributed by atoms with Gasteiger partial charge in [-0.1, -0.05) is 6.07 Å². The maximum atomic E-state index is 11.8. The van der Waals surface area contributed by atoms with Crippen LogP contribution in [0.2, 0.25) is 0 Å². The number of aromatic nitrogens is 1. The van der Waals surface area contributed by atoms with E-state index < -0.39 is 12.0 Å². The fourth-order valence-electron chi connectivity index (χ4n) is 1.48. The SMILES string of the molecule is Cc1csc(NC(=O)Nc2c(Br)cccc2C(=O)O)n1. The molecular weight excluding hydrogens is 346 g/mol. The molecule has 1 aromatic carbocycles. The molecule has 3 N–H and O–H groups in total. The number of carboxylic acids is 1. The first-order valence-corrected chi connectivity index (χ1v) is 7.16. The predicted molar refractivity (Wildman–Crippen MR) is 80.6 cm³/mol. The fraction of sp³-hybridized carbons (Fsp3) is 0.0833. The third-order valence-electron chi connectivity index (χ3n) is 2.32. The molecule has 0 aliphatic rings. The number of nitrogens with one attached hydrogen (secondary N) is 2. The van der Waals surface area contributed by atoms with Crippen LogP contribution >= 0.6 is 27.3 Å². The fourth-order valence-corrected chi connectivity index (χ4v) is 2.63. The molecule has 0 unspecified atom stereocenters. The second-order valence-corrected chi connectivity index (χ2v) is 5.55. The summed E-state index contributed by atoms with van der Waals surface area (Å²) in [7, 11) is 0. The number of hydrogen-bond acceptors (Lipinski definition) is 4. The lowest BCUT2D eigenvalue weighted by Gasteiger charge is -2.10. The lowest BCUT2D eigenvalue weighted by molar-refractivity contribution is 0.0698. The number of anilines is 2. The lowest BCUT2D eigenvalue weighted by atomic mass is 10.2. The van der Waals surface area contributed by atoms with Crippen LogP contribution in [0, 0.1) is 6.92 Å². The summed E-state index contributed by atoms with van der Waals surface area (Å²) in [5.74, 6) is -1.12. The number of carbonyl (C=O) groups excluding carboxylic acids is 1. The van der Waals surface area contributed by atoms with E-state index in [2.05, 4.69) is 31.5 Å². The molecule has 2 aromatic rings. The van der Waals surface area contributed by atoms with E-state index in [4.69, 9.17) is 5.11 Å². The molecule has 1 aromatic heterocycles. The average Bonchev–Trinajstić information content (AvgIpc) is 2.77. The van der Waals surface area contributed by atoms with Crippen molar-refractivity contribution in [1.82, 2.24) is 4.98 Å². The quantitative estimate of drug-likeness (QED) is 0.784. The van der Waals surface area contributed by atoms with Gasteiger partial charge in [0.25, 0.3) is 0 Å². The molecule has 2 amide bonds. The molecule has 0 saturated carbocycles. The number of rotatable bonds is 3. The summed E-state index contributed by atoms with van der Waals surface area (Å²) in [6.07, 6.45) is 0. The van der Waals surface area contributed by atoms with Crippen molar-refractivity contribution >= 4 is 50.1 Å². The number of halogens is 1. The Bertz CT molecular complexity index is 672. The molecule has 0 radical (unpaired) electrons. The zero-order chi connectivity index (χ0) is 14.7. The van der Waals surface area contributed by atoms with Gasteiger partial charge in [0, 0.05) is 9.85 Å². The Labute approximate surface area is 127 Å². The molecular formula is C12H10BrN3O3S. The van der Waals surface area contributed by atoms with Crippen LogP contribution < -0.4 is 10.6 Å². The van der Waals surface area contributed by atoms with Gasteiger partial charge < -0.3 is 10.4 Å². The Morgan fingerprint density at radius 2 is 2.10 bits per heavy atom. The highest BCUT2D eigenvalue weighted by molar-refractivity contribution is 9.10. The van der Waals surface area contributed by atoms with Crippen molar-refractivity contribution in [2.45, 2.75) is 6.92 Å². The van der Waals surface area contributed by atoms with Gasteiger partial charge in [0.05, 0.1) is 16.9 Å². The number of aromatic carboxylic acids is 1. The van der Waals surface area contributed by atoms with E-state index in [-0.39, 0.29) is 11.3 Å². The molecule has 1 heterocycles. The summed E-state index contributed by atoms with van der Waals surface area (Å²) in [6.45, 7) is 1.82. The zero-order valence-electron chi connectivity index (χ0n) is 10.3. The minimum absolute atomic E-state index is 0.00449. The van der Waals surface area contributed by atoms with E-state index >= 15 is 0 Å². The number of para-hydroxylation sites is 1. The molecule has 0 bridgehead atoms. The van der Waals surface area contributed by atoms with Crippen LogP contribution in [-0.2, 0) is 0 Å². The summed E-state index contributed by atoms with van der Waals surface area (Å²) in [5, 5.41) is 16.4. The van der Waals surface area contributed by atoms with Gasteiger partial charge in [-0.2, -0.15) is 0 Å². The molecule has 2 rings (SSSR count). The van der Waals surface area contributed by atoms with E-state index in [1.54, 1.807) is 17.5 Å². The minimum Gasteiger partial charge on any atom is -0.478 e. The van der Waals surface area contributed by atoms with Crippen molar-refractivity contribution in [3.63, 3.8) is 0 Å². The van der Waals surface area contributed by atoms with Gasteiger partial charge in [0.1, 0.15) is 0 Å². The summed E-state index contributed by atoms with van der Waals surface area (Å²) in [4.78, 5) is 27.1. The van der Waals surface area contributed by atoms with Crippen LogP contribution in [-0.4, -0.2) is 22.1 Å². The van der Waals surface area contributed by atoms with Crippen LogP contribution in [0.1, 0.15) is 16.1 Å². The normalized spacial score (nSPS) is 10.1. The highest BCUT2D eigenvalue weighted by Gasteiger charge is 2.15. The molecule has 6 nitrogen and oxygen atoms in total. The molecule has 0 aliphatic heterocycles. The van der Waals surface area contributed by atoms with Crippen molar-refractivity contribution in [3.8, 4) is 0 Å². The predicted octanol–water partition coefficient (Wildman–Crippen LogP) is 3.56. The number of benzene rings is 1. The van der Waals surface area contributed by atoms with Crippen LogP contribution in [0.25, 0.3) is 0 Å². The second kappa shape index (κ2) is 6.02. The largest absolute Gasteiger partial charge is 0.478 e. The smallest absolute Gasteiger partial charge is 0.337 e. The third-order valence-corrected chi connectivity index (χ3v) is 3.86. The molecule has 8 heteroatoms. The van der Waals surface area contributed by atoms with Gasteiger partial charge in [0.2, 0.25) is 0 Å². The van der Waals surface area contributed by atoms with Crippen LogP contribution in [0.15, 0.2) is 28.1 Å². The maximum Gasteiger partial charge on any atom is 0.337 e. The number of carbonyl (C=O) groups is 2. The number of aryl methyl sites for hydroxylation is 1. The van der Waals surface area contributed by atoms with Crippen molar-refractivity contribution in [2.24, 2.45) is 0 Å². The highest BCUT2D eigenvalue weighted by atomic mass is 79.9. The molecule has 20 heavy (non-hydrogen) atoms. The summed E-state index contributed by atoms with van der Waals surface area (Å²) >= 11 is 4.51. The second-order valence-electron chi connectivity index (χ2n) is 3.84. The first-order chi connectivity index (χ1) is 9.47. The molecule has 104 valence electrons. The summed E-state index contributed by atoms with van der Waals surface area (Å²) < 4.78 is 0.489. The van der Waals surface area contributed by atoms with Crippen LogP contribution in [0.5, 0.6) is 0 Å². The Morgan fingerprint density at radius 1 is 1.35 bits per heavy atom. The number of carboxylic acid groups (broad SMARTS) is 1. The van der Waals surface area contributed by atoms with E-state index in [9.17, 15) is 9.59 Å². The van der Waals surface area contributed by atoms with Gasteiger partial charge in [-0.15, -0.1) is 11.3 Å². The summed E-state index contributed by atoms with van der Waals surface area (Å²) in [6, 6.07) is 4.10. The Kier molecular flexibility index (Phi) is 4.35. The summed E-state index contributed by atoms with van der Waals surface area (Å²) in [5.41, 5.74) is 1.01. The van der Waals surface area contributed by atoms with E-state index in [1.807, 2.05) is 6.92 Å². The lowest BCUT2D eigenvalue weighted by Crippen LogP contribution is -2.21. The Morgan fingerprint density at radius 3 is 2.70 bits per heavy atom. The van der Waals surface area contributed by atoms with E-state index in [0.29, 0.717) is 9.60 Å². The number of thiazole rings is 1. The molecule has 0 aliphatic carbocycles. The van der Waals surface area contributed by atoms with E-state index in [1.165, 1.54) is 17.4 Å². The number of hydrogen-bond donors (Lipinski definition) is 3. The van der Waals surface area contributed by atoms with Crippen molar-refractivity contribution in [3.05, 3.63) is 39.3 Å². The van der Waals surface area contributed by atoms with Gasteiger partial charge in [-0.3, -0.25) is 5.32 Å². The monoisotopic (exact) mass is 355 g/mol. The Hall–Kier alpha value is -1.93. The molecule has 0 saturated heterocycles. The van der Waals surface area contributed by atoms with Crippen molar-refractivity contribution < 1.29 is 14.7 Å². The molecule has 0 fully saturated rings. The number of amides is 2. The molecule has 0 spiro atoms. The first kappa shape index (κ1) is 14.5. The number of urea groups is 1. The first-order valence-electron chi connectivity index (χ1n) is 5.49. The molecule has 0 atom stereocenters. The van der Waals surface area contributed by atoms with E-state index in [0.717, 1.165) is 5.69 Å².